The molecule has 0 saturated heterocycles. The Kier molecular flexibility index (Phi) is 6.49. The Bertz CT molecular complexity index is 506. The molecule has 5 nitrogen and oxygen atoms in total. The lowest BCUT2D eigenvalue weighted by atomic mass is 9.99. The number of nitrogens with one attached hydrogen (secondary N) is 1. The molecule has 1 amide bonds. The van der Waals surface area contributed by atoms with Gasteiger partial charge in [0.2, 0.25) is 5.91 Å². The molecule has 0 aromatic heterocycles. The number of rotatable bonds is 7. The first kappa shape index (κ1) is 17.3. The molecule has 0 radical (unpaired) electrons. The quantitative estimate of drug-likeness (QED) is 0.786. The molecule has 0 aliphatic rings. The Morgan fingerprint density at radius 2 is 2.00 bits per heavy atom. The number of carbonyl (C=O) groups excluding carboxylic acids is 2. The number of hydrogen-bond donors (Lipinski definition) is 1. The van der Waals surface area contributed by atoms with Crippen molar-refractivity contribution >= 4 is 23.5 Å². The molecule has 0 fully saturated rings. The third-order valence-corrected chi connectivity index (χ3v) is 3.49. The summed E-state index contributed by atoms with van der Waals surface area (Å²) in [6.07, 6.45) is 0.564. The third-order valence-electron chi connectivity index (χ3n) is 3.18. The lowest BCUT2D eigenvalue weighted by Gasteiger charge is -2.26. The monoisotopic (exact) mass is 313 g/mol. The van der Waals surface area contributed by atoms with Crippen LogP contribution in [0.15, 0.2) is 24.3 Å². The van der Waals surface area contributed by atoms with Crippen molar-refractivity contribution in [1.82, 2.24) is 5.32 Å². The van der Waals surface area contributed by atoms with Crippen LogP contribution < -0.4 is 10.1 Å². The molecule has 0 heterocycles. The van der Waals surface area contributed by atoms with Crippen LogP contribution in [0.1, 0.15) is 26.7 Å². The molecule has 21 heavy (non-hydrogen) atoms. The fourth-order valence-corrected chi connectivity index (χ4v) is 1.88. The maximum absolute atomic E-state index is 11.9. The number of para-hydroxylation sites is 1. The first-order valence-corrected chi connectivity index (χ1v) is 7.07. The number of carbonyl (C=O) groups is 2. The van der Waals surface area contributed by atoms with E-state index in [1.54, 1.807) is 38.1 Å². The highest BCUT2D eigenvalue weighted by atomic mass is 35.5. The summed E-state index contributed by atoms with van der Waals surface area (Å²) in [6, 6.07) is 7.03. The Hall–Kier alpha value is -1.75. The van der Waals surface area contributed by atoms with Gasteiger partial charge in [-0.1, -0.05) is 30.7 Å². The normalized spacial score (nSPS) is 13.1. The highest BCUT2D eigenvalue weighted by Gasteiger charge is 2.33. The molecule has 1 rings (SSSR count). The van der Waals surface area contributed by atoms with Crippen LogP contribution in [0.3, 0.4) is 0 Å². The van der Waals surface area contributed by atoms with Gasteiger partial charge in [0.1, 0.15) is 11.3 Å². The van der Waals surface area contributed by atoms with Crippen LogP contribution in [0.25, 0.3) is 0 Å². The van der Waals surface area contributed by atoms with Gasteiger partial charge in [0.05, 0.1) is 25.2 Å². The summed E-state index contributed by atoms with van der Waals surface area (Å²) in [4.78, 5) is 23.5. The number of esters is 1. The Balaban J connectivity index is 2.47. The van der Waals surface area contributed by atoms with Crippen LogP contribution in [0, 0.1) is 0 Å². The van der Waals surface area contributed by atoms with E-state index in [9.17, 15) is 9.59 Å². The van der Waals surface area contributed by atoms with E-state index in [4.69, 9.17) is 21.1 Å². The maximum atomic E-state index is 11.9. The van der Waals surface area contributed by atoms with Crippen molar-refractivity contribution in [3.63, 3.8) is 0 Å². The third kappa shape index (κ3) is 4.93. The predicted molar refractivity (Wildman–Crippen MR) is 80.4 cm³/mol. The largest absolute Gasteiger partial charge is 0.491 e. The zero-order valence-corrected chi connectivity index (χ0v) is 13.2. The number of ether oxygens (including phenoxy) is 2. The zero-order chi connectivity index (χ0) is 15.9. The maximum Gasteiger partial charge on any atom is 0.331 e. The molecular weight excluding hydrogens is 294 g/mol. The Morgan fingerprint density at radius 1 is 1.33 bits per heavy atom. The van der Waals surface area contributed by atoms with Crippen LogP contribution in [0.2, 0.25) is 5.02 Å². The minimum absolute atomic E-state index is 0.123. The summed E-state index contributed by atoms with van der Waals surface area (Å²) >= 11 is 5.94. The second-order valence-electron chi connectivity index (χ2n) is 4.75. The number of benzene rings is 1. The topological polar surface area (TPSA) is 64.6 Å². The molecule has 0 unspecified atom stereocenters. The standard InChI is InChI=1S/C15H20ClNO4/c1-4-15(2,14(19)20-3)17-13(18)9-10-21-12-8-6-5-7-11(12)16/h5-8H,4,9-10H2,1-3H3,(H,17,18)/t15-/m0/s1. The highest BCUT2D eigenvalue weighted by molar-refractivity contribution is 6.32. The summed E-state index contributed by atoms with van der Waals surface area (Å²) in [5.74, 6) is -0.222. The van der Waals surface area contributed by atoms with Crippen molar-refractivity contribution < 1.29 is 19.1 Å². The summed E-state index contributed by atoms with van der Waals surface area (Å²) in [7, 11) is 1.29. The van der Waals surface area contributed by atoms with E-state index >= 15 is 0 Å². The minimum atomic E-state index is -1.02. The molecular formula is C15H20ClNO4. The summed E-state index contributed by atoms with van der Waals surface area (Å²) in [5.41, 5.74) is -1.02. The molecule has 0 bridgehead atoms. The molecule has 116 valence electrons. The molecule has 1 atom stereocenters. The van der Waals surface area contributed by atoms with Crippen LogP contribution in [0.5, 0.6) is 5.75 Å². The number of methoxy groups -OCH3 is 1. The Morgan fingerprint density at radius 3 is 2.57 bits per heavy atom. The smallest absolute Gasteiger partial charge is 0.331 e. The first-order valence-electron chi connectivity index (χ1n) is 6.69. The van der Waals surface area contributed by atoms with Gasteiger partial charge in [-0.25, -0.2) is 4.79 Å². The van der Waals surface area contributed by atoms with E-state index in [-0.39, 0.29) is 18.9 Å². The van der Waals surface area contributed by atoms with Crippen molar-refractivity contribution in [2.24, 2.45) is 0 Å². The fourth-order valence-electron chi connectivity index (χ4n) is 1.69. The molecule has 6 heteroatoms. The van der Waals surface area contributed by atoms with Gasteiger partial charge in [-0.15, -0.1) is 0 Å². The van der Waals surface area contributed by atoms with Crippen molar-refractivity contribution in [2.45, 2.75) is 32.2 Å². The predicted octanol–water partition coefficient (Wildman–Crippen LogP) is 2.57. The average Bonchev–Trinajstić information content (AvgIpc) is 2.48. The minimum Gasteiger partial charge on any atom is -0.491 e. The van der Waals surface area contributed by atoms with Gasteiger partial charge in [-0.2, -0.15) is 0 Å². The molecule has 1 aromatic carbocycles. The number of halogens is 1. The molecule has 1 aromatic rings. The van der Waals surface area contributed by atoms with Crippen molar-refractivity contribution in [1.29, 1.82) is 0 Å². The SMILES string of the molecule is CC[C@](C)(NC(=O)CCOc1ccccc1Cl)C(=O)OC. The van der Waals surface area contributed by atoms with Gasteiger partial charge in [0.15, 0.2) is 0 Å². The molecule has 0 aliphatic carbocycles. The van der Waals surface area contributed by atoms with E-state index in [1.165, 1.54) is 7.11 Å². The van der Waals surface area contributed by atoms with Crippen molar-refractivity contribution in [2.75, 3.05) is 13.7 Å². The van der Waals surface area contributed by atoms with Gasteiger partial charge in [-0.3, -0.25) is 4.79 Å². The second-order valence-corrected chi connectivity index (χ2v) is 5.16. The van der Waals surface area contributed by atoms with E-state index in [0.29, 0.717) is 17.2 Å². The van der Waals surface area contributed by atoms with E-state index in [0.717, 1.165) is 0 Å². The fraction of sp³-hybridized carbons (Fsp3) is 0.467. The van der Waals surface area contributed by atoms with E-state index in [1.807, 2.05) is 0 Å². The number of hydrogen-bond acceptors (Lipinski definition) is 4. The lowest BCUT2D eigenvalue weighted by Crippen LogP contribution is -2.52. The zero-order valence-electron chi connectivity index (χ0n) is 12.4. The lowest BCUT2D eigenvalue weighted by molar-refractivity contribution is -0.150. The summed E-state index contributed by atoms with van der Waals surface area (Å²) in [6.45, 7) is 3.61. The van der Waals surface area contributed by atoms with Gasteiger partial charge < -0.3 is 14.8 Å². The van der Waals surface area contributed by atoms with Crippen LogP contribution in [0.4, 0.5) is 0 Å². The average molecular weight is 314 g/mol. The summed E-state index contributed by atoms with van der Waals surface area (Å²) in [5, 5.41) is 3.16. The van der Waals surface area contributed by atoms with Gasteiger partial charge in [-0.05, 0) is 25.5 Å². The van der Waals surface area contributed by atoms with Crippen LogP contribution in [-0.2, 0) is 14.3 Å². The highest BCUT2D eigenvalue weighted by Crippen LogP contribution is 2.23. The van der Waals surface area contributed by atoms with Crippen molar-refractivity contribution in [3.05, 3.63) is 29.3 Å². The molecule has 0 aliphatic heterocycles. The number of amides is 1. The van der Waals surface area contributed by atoms with Crippen LogP contribution >= 0.6 is 11.6 Å². The second kappa shape index (κ2) is 7.88. The van der Waals surface area contributed by atoms with Gasteiger partial charge in [0, 0.05) is 0 Å². The Labute approximate surface area is 129 Å². The summed E-state index contributed by atoms with van der Waals surface area (Å²) < 4.78 is 10.1. The van der Waals surface area contributed by atoms with Crippen molar-refractivity contribution in [3.8, 4) is 5.75 Å². The molecule has 0 saturated carbocycles. The first-order chi connectivity index (χ1) is 9.92. The molecule has 0 spiro atoms. The molecule has 1 N–H and O–H groups in total. The van der Waals surface area contributed by atoms with E-state index < -0.39 is 11.5 Å². The van der Waals surface area contributed by atoms with Crippen LogP contribution in [-0.4, -0.2) is 31.1 Å². The van der Waals surface area contributed by atoms with E-state index in [2.05, 4.69) is 5.32 Å². The van der Waals surface area contributed by atoms with Gasteiger partial charge >= 0.3 is 5.97 Å². The van der Waals surface area contributed by atoms with Gasteiger partial charge in [0.25, 0.3) is 0 Å².